The topological polar surface area (TPSA) is 63.3 Å². The van der Waals surface area contributed by atoms with Crippen molar-refractivity contribution in [1.82, 2.24) is 4.98 Å². The van der Waals surface area contributed by atoms with E-state index in [0.29, 0.717) is 24.7 Å². The average Bonchev–Trinajstić information content (AvgIpc) is 2.49. The van der Waals surface area contributed by atoms with Crippen molar-refractivity contribution in [2.75, 3.05) is 0 Å². The lowest BCUT2D eigenvalue weighted by atomic mass is 9.83. The molecule has 1 aliphatic carbocycles. The van der Waals surface area contributed by atoms with Gasteiger partial charge in [-0.15, -0.1) is 0 Å². The Morgan fingerprint density at radius 3 is 3.00 bits per heavy atom. The van der Waals surface area contributed by atoms with Crippen LogP contribution in [-0.2, 0) is 11.2 Å². The molecular formula is C11H15NO3. The first-order chi connectivity index (χ1) is 7.25. The summed E-state index contributed by atoms with van der Waals surface area (Å²) in [5.41, 5.74) is 1.05. The maximum absolute atomic E-state index is 10.3. The summed E-state index contributed by atoms with van der Waals surface area (Å²) in [6, 6.07) is 0. The summed E-state index contributed by atoms with van der Waals surface area (Å²) in [7, 11) is 0. The fraction of sp³-hybridized carbons (Fsp3) is 0.636. The van der Waals surface area contributed by atoms with Gasteiger partial charge in [-0.3, -0.25) is 4.79 Å². The van der Waals surface area contributed by atoms with E-state index in [1.54, 1.807) is 6.26 Å². The molecule has 0 atom stereocenters. The molecule has 15 heavy (non-hydrogen) atoms. The van der Waals surface area contributed by atoms with Crippen molar-refractivity contribution in [3.8, 4) is 0 Å². The number of carbonyl (C=O) groups is 1. The molecule has 4 heteroatoms. The Morgan fingerprint density at radius 1 is 1.60 bits per heavy atom. The minimum Gasteiger partial charge on any atom is -0.481 e. The number of carboxylic acids is 1. The lowest BCUT2D eigenvalue weighted by molar-refractivity contribution is -0.137. The summed E-state index contributed by atoms with van der Waals surface area (Å²) in [5.74, 6) is 0.501. The summed E-state index contributed by atoms with van der Waals surface area (Å²) in [6.07, 6.45) is 6.83. The number of nitrogens with zero attached hydrogens (tertiary/aromatic N) is 1. The van der Waals surface area contributed by atoms with E-state index >= 15 is 0 Å². The lowest BCUT2D eigenvalue weighted by Crippen LogP contribution is -2.09. The van der Waals surface area contributed by atoms with Gasteiger partial charge in [0.25, 0.3) is 0 Å². The number of aryl methyl sites for hydroxylation is 1. The van der Waals surface area contributed by atoms with Crippen molar-refractivity contribution in [3.05, 3.63) is 17.8 Å². The molecule has 1 aromatic heterocycles. The third-order valence-electron chi connectivity index (χ3n) is 2.87. The number of hydrogen-bond donors (Lipinski definition) is 1. The van der Waals surface area contributed by atoms with E-state index in [9.17, 15) is 4.79 Å². The molecule has 0 radical (unpaired) electrons. The van der Waals surface area contributed by atoms with Crippen molar-refractivity contribution >= 4 is 5.97 Å². The van der Waals surface area contributed by atoms with Crippen LogP contribution in [0.25, 0.3) is 0 Å². The molecule has 0 aliphatic heterocycles. The fourth-order valence-corrected chi connectivity index (χ4v) is 1.72. The second-order valence-electron chi connectivity index (χ2n) is 4.04. The van der Waals surface area contributed by atoms with Gasteiger partial charge in [-0.2, -0.15) is 0 Å². The van der Waals surface area contributed by atoms with Gasteiger partial charge in [-0.25, -0.2) is 4.98 Å². The minimum absolute atomic E-state index is 0.182. The Kier molecular flexibility index (Phi) is 3.04. The molecule has 4 nitrogen and oxygen atoms in total. The molecule has 1 aromatic rings. The molecule has 1 N–H and O–H groups in total. The normalized spacial score (nSPS) is 16.3. The van der Waals surface area contributed by atoms with Gasteiger partial charge in [0.15, 0.2) is 5.89 Å². The quantitative estimate of drug-likeness (QED) is 0.808. The Bertz CT molecular complexity index is 341. The van der Waals surface area contributed by atoms with Gasteiger partial charge in [-0.05, 0) is 19.3 Å². The first-order valence-electron chi connectivity index (χ1n) is 5.42. The zero-order valence-corrected chi connectivity index (χ0v) is 8.61. The highest BCUT2D eigenvalue weighted by molar-refractivity contribution is 5.66. The summed E-state index contributed by atoms with van der Waals surface area (Å²) < 4.78 is 5.30. The summed E-state index contributed by atoms with van der Waals surface area (Å²) in [5, 5.41) is 8.48. The standard InChI is InChI=1S/C11H15NO3/c13-11(14)6-2-5-10-12-9(7-15-10)8-3-1-4-8/h7-8H,1-6H2,(H,13,14). The highest BCUT2D eigenvalue weighted by Crippen LogP contribution is 2.35. The van der Waals surface area contributed by atoms with Crippen LogP contribution >= 0.6 is 0 Å². The van der Waals surface area contributed by atoms with Crippen LogP contribution in [0.15, 0.2) is 10.7 Å². The Labute approximate surface area is 88.3 Å². The van der Waals surface area contributed by atoms with Crippen molar-refractivity contribution in [2.45, 2.75) is 44.4 Å². The Hall–Kier alpha value is -1.32. The zero-order chi connectivity index (χ0) is 10.7. The van der Waals surface area contributed by atoms with Crippen LogP contribution in [-0.4, -0.2) is 16.1 Å². The Morgan fingerprint density at radius 2 is 2.40 bits per heavy atom. The van der Waals surface area contributed by atoms with Crippen LogP contribution in [0.2, 0.25) is 0 Å². The van der Waals surface area contributed by atoms with Gasteiger partial charge in [0, 0.05) is 18.8 Å². The molecule has 1 fully saturated rings. The number of hydrogen-bond acceptors (Lipinski definition) is 3. The molecule has 0 saturated heterocycles. The monoisotopic (exact) mass is 209 g/mol. The second kappa shape index (κ2) is 4.47. The zero-order valence-electron chi connectivity index (χ0n) is 8.61. The molecular weight excluding hydrogens is 194 g/mol. The fourth-order valence-electron chi connectivity index (χ4n) is 1.72. The first kappa shape index (κ1) is 10.2. The number of oxazole rings is 1. The number of aliphatic carboxylic acids is 1. The predicted octanol–water partition coefficient (Wildman–Crippen LogP) is 2.35. The van der Waals surface area contributed by atoms with E-state index in [2.05, 4.69) is 4.98 Å². The van der Waals surface area contributed by atoms with Crippen LogP contribution in [0.1, 0.15) is 49.6 Å². The van der Waals surface area contributed by atoms with Crippen molar-refractivity contribution < 1.29 is 14.3 Å². The highest BCUT2D eigenvalue weighted by Gasteiger charge is 2.22. The Balaban J connectivity index is 1.81. The predicted molar refractivity (Wildman–Crippen MR) is 53.7 cm³/mol. The molecule has 0 amide bonds. The van der Waals surface area contributed by atoms with E-state index in [1.165, 1.54) is 19.3 Å². The number of carboxylic acid groups (broad SMARTS) is 1. The minimum atomic E-state index is -0.763. The SMILES string of the molecule is O=C(O)CCCc1nc(C2CCC2)co1. The van der Waals surface area contributed by atoms with Gasteiger partial charge in [0.05, 0.1) is 5.69 Å². The largest absolute Gasteiger partial charge is 0.481 e. The molecule has 1 saturated carbocycles. The van der Waals surface area contributed by atoms with E-state index in [4.69, 9.17) is 9.52 Å². The van der Waals surface area contributed by atoms with Crippen molar-refractivity contribution in [1.29, 1.82) is 0 Å². The third kappa shape index (κ3) is 2.58. The van der Waals surface area contributed by atoms with Crippen LogP contribution in [0.5, 0.6) is 0 Å². The average molecular weight is 209 g/mol. The maximum Gasteiger partial charge on any atom is 0.303 e. The van der Waals surface area contributed by atoms with Crippen LogP contribution < -0.4 is 0 Å². The maximum atomic E-state index is 10.3. The van der Waals surface area contributed by atoms with E-state index in [1.807, 2.05) is 0 Å². The number of rotatable bonds is 5. The molecule has 0 aromatic carbocycles. The lowest BCUT2D eigenvalue weighted by Gasteiger charge is -2.22. The van der Waals surface area contributed by atoms with Gasteiger partial charge in [-0.1, -0.05) is 6.42 Å². The van der Waals surface area contributed by atoms with Crippen molar-refractivity contribution in [3.63, 3.8) is 0 Å². The first-order valence-corrected chi connectivity index (χ1v) is 5.42. The molecule has 0 bridgehead atoms. The van der Waals surface area contributed by atoms with E-state index in [-0.39, 0.29) is 6.42 Å². The second-order valence-corrected chi connectivity index (χ2v) is 4.04. The molecule has 0 unspecified atom stereocenters. The van der Waals surface area contributed by atoms with E-state index < -0.39 is 5.97 Å². The summed E-state index contributed by atoms with van der Waals surface area (Å²) >= 11 is 0. The van der Waals surface area contributed by atoms with Crippen LogP contribution in [0.4, 0.5) is 0 Å². The van der Waals surface area contributed by atoms with Crippen LogP contribution in [0.3, 0.4) is 0 Å². The number of aromatic nitrogens is 1. The van der Waals surface area contributed by atoms with Gasteiger partial charge in [0.1, 0.15) is 6.26 Å². The van der Waals surface area contributed by atoms with Crippen molar-refractivity contribution in [2.24, 2.45) is 0 Å². The molecule has 82 valence electrons. The van der Waals surface area contributed by atoms with Gasteiger partial charge >= 0.3 is 5.97 Å². The summed E-state index contributed by atoms with van der Waals surface area (Å²) in [6.45, 7) is 0. The highest BCUT2D eigenvalue weighted by atomic mass is 16.4. The van der Waals surface area contributed by atoms with Gasteiger partial charge in [0.2, 0.25) is 0 Å². The molecule has 2 rings (SSSR count). The molecule has 1 aliphatic rings. The molecule has 0 spiro atoms. The van der Waals surface area contributed by atoms with E-state index in [0.717, 1.165) is 5.69 Å². The van der Waals surface area contributed by atoms with Crippen LogP contribution in [0, 0.1) is 0 Å². The smallest absolute Gasteiger partial charge is 0.303 e. The molecule has 1 heterocycles. The summed E-state index contributed by atoms with van der Waals surface area (Å²) in [4.78, 5) is 14.7. The van der Waals surface area contributed by atoms with Gasteiger partial charge < -0.3 is 9.52 Å². The third-order valence-corrected chi connectivity index (χ3v) is 2.87.